The van der Waals surface area contributed by atoms with Crippen molar-refractivity contribution in [2.45, 2.75) is 31.2 Å². The topological polar surface area (TPSA) is 95.6 Å². The minimum absolute atomic E-state index is 0.00958. The van der Waals surface area contributed by atoms with Crippen molar-refractivity contribution in [2.75, 3.05) is 18.9 Å². The molecule has 2 aromatic carbocycles. The standard InChI is InChI=1S/C20H23Cl2N3O4S/c1-20(2,3)24-30(28,29)17-10-13(8-9-16(17)22)19(27)25(4)12-18(26)23-15-7-5-6-14(21)11-15/h5-11,24H,12H2,1-4H3,(H,23,26). The summed E-state index contributed by atoms with van der Waals surface area (Å²) in [7, 11) is -2.50. The number of hydrogen-bond donors (Lipinski definition) is 2. The summed E-state index contributed by atoms with van der Waals surface area (Å²) in [4.78, 5) is 25.9. The van der Waals surface area contributed by atoms with Crippen molar-refractivity contribution in [3.8, 4) is 0 Å². The lowest BCUT2D eigenvalue weighted by Crippen LogP contribution is -2.40. The third kappa shape index (κ3) is 6.70. The van der Waals surface area contributed by atoms with E-state index in [1.807, 2.05) is 0 Å². The van der Waals surface area contributed by atoms with Crippen LogP contribution in [0.2, 0.25) is 10.0 Å². The second-order valence-corrected chi connectivity index (χ2v) is 10.2. The van der Waals surface area contributed by atoms with Gasteiger partial charge in [-0.25, -0.2) is 13.1 Å². The van der Waals surface area contributed by atoms with Gasteiger partial charge in [0.25, 0.3) is 5.91 Å². The Labute approximate surface area is 186 Å². The van der Waals surface area contributed by atoms with E-state index in [-0.39, 0.29) is 22.0 Å². The SMILES string of the molecule is CN(CC(=O)Nc1cccc(Cl)c1)C(=O)c1ccc(Cl)c(S(=O)(=O)NC(C)(C)C)c1. The molecule has 0 fully saturated rings. The molecule has 2 N–H and O–H groups in total. The Balaban J connectivity index is 2.17. The first kappa shape index (κ1) is 24.1. The summed E-state index contributed by atoms with van der Waals surface area (Å²) in [6.45, 7) is 4.84. The first-order chi connectivity index (χ1) is 13.8. The molecule has 0 radical (unpaired) electrons. The highest BCUT2D eigenvalue weighted by atomic mass is 35.5. The van der Waals surface area contributed by atoms with Crippen molar-refractivity contribution >= 4 is 50.7 Å². The van der Waals surface area contributed by atoms with Crippen LogP contribution >= 0.6 is 23.2 Å². The van der Waals surface area contributed by atoms with Gasteiger partial charge in [0.2, 0.25) is 15.9 Å². The number of anilines is 1. The maximum absolute atomic E-state index is 12.7. The van der Waals surface area contributed by atoms with Gasteiger partial charge < -0.3 is 10.2 Å². The fourth-order valence-electron chi connectivity index (χ4n) is 2.57. The van der Waals surface area contributed by atoms with Gasteiger partial charge >= 0.3 is 0 Å². The molecular formula is C20H23Cl2N3O4S. The molecule has 30 heavy (non-hydrogen) atoms. The summed E-state index contributed by atoms with van der Waals surface area (Å²) in [6.07, 6.45) is 0. The van der Waals surface area contributed by atoms with Crippen molar-refractivity contribution < 1.29 is 18.0 Å². The first-order valence-electron chi connectivity index (χ1n) is 8.93. The van der Waals surface area contributed by atoms with Crippen LogP contribution in [0.15, 0.2) is 47.4 Å². The quantitative estimate of drug-likeness (QED) is 0.669. The molecule has 0 unspecified atom stereocenters. The molecule has 0 atom stereocenters. The maximum atomic E-state index is 12.7. The lowest BCUT2D eigenvalue weighted by atomic mass is 10.1. The zero-order valence-electron chi connectivity index (χ0n) is 17.0. The van der Waals surface area contributed by atoms with Crippen LogP contribution in [0.5, 0.6) is 0 Å². The van der Waals surface area contributed by atoms with Crippen LogP contribution in [0.3, 0.4) is 0 Å². The third-order valence-electron chi connectivity index (χ3n) is 3.74. The summed E-state index contributed by atoms with van der Waals surface area (Å²) in [5.41, 5.74) is -0.134. The first-order valence-corrected chi connectivity index (χ1v) is 11.2. The van der Waals surface area contributed by atoms with E-state index >= 15 is 0 Å². The maximum Gasteiger partial charge on any atom is 0.254 e. The van der Waals surface area contributed by atoms with E-state index in [2.05, 4.69) is 10.0 Å². The van der Waals surface area contributed by atoms with Gasteiger partial charge in [0.1, 0.15) is 4.90 Å². The normalized spacial score (nSPS) is 11.8. The predicted octanol–water partition coefficient (Wildman–Crippen LogP) is 3.78. The molecule has 2 rings (SSSR count). The second-order valence-electron chi connectivity index (χ2n) is 7.72. The van der Waals surface area contributed by atoms with Gasteiger partial charge in [0.05, 0.1) is 11.6 Å². The van der Waals surface area contributed by atoms with Crippen molar-refractivity contribution in [1.82, 2.24) is 9.62 Å². The minimum Gasteiger partial charge on any atom is -0.332 e. The van der Waals surface area contributed by atoms with Crippen LogP contribution in [0.25, 0.3) is 0 Å². The van der Waals surface area contributed by atoms with Crippen LogP contribution in [0.4, 0.5) is 5.69 Å². The zero-order chi connectivity index (χ0) is 22.7. The highest BCUT2D eigenvalue weighted by molar-refractivity contribution is 7.89. The molecule has 162 valence electrons. The molecule has 2 amide bonds. The molecule has 2 aromatic rings. The van der Waals surface area contributed by atoms with Crippen molar-refractivity contribution in [2.24, 2.45) is 0 Å². The summed E-state index contributed by atoms with van der Waals surface area (Å²) in [5, 5.41) is 3.11. The number of nitrogens with zero attached hydrogens (tertiary/aromatic N) is 1. The van der Waals surface area contributed by atoms with E-state index in [4.69, 9.17) is 23.2 Å². The van der Waals surface area contributed by atoms with Gasteiger partial charge in [-0.15, -0.1) is 0 Å². The predicted molar refractivity (Wildman–Crippen MR) is 119 cm³/mol. The summed E-state index contributed by atoms with van der Waals surface area (Å²) < 4.78 is 27.8. The summed E-state index contributed by atoms with van der Waals surface area (Å²) in [6, 6.07) is 10.6. The highest BCUT2D eigenvalue weighted by Crippen LogP contribution is 2.24. The van der Waals surface area contributed by atoms with Crippen molar-refractivity contribution in [3.63, 3.8) is 0 Å². The van der Waals surface area contributed by atoms with E-state index in [1.54, 1.807) is 45.0 Å². The monoisotopic (exact) mass is 471 g/mol. The molecule has 0 aliphatic rings. The fraction of sp³-hybridized carbons (Fsp3) is 0.300. The zero-order valence-corrected chi connectivity index (χ0v) is 19.3. The Kier molecular flexibility index (Phi) is 7.52. The van der Waals surface area contributed by atoms with Gasteiger partial charge in [0, 0.05) is 28.9 Å². The van der Waals surface area contributed by atoms with Crippen LogP contribution < -0.4 is 10.0 Å². The molecular weight excluding hydrogens is 449 g/mol. The average molecular weight is 472 g/mol. The number of carbonyl (C=O) groups excluding carboxylic acids is 2. The molecule has 0 aliphatic heterocycles. The van der Waals surface area contributed by atoms with Gasteiger partial charge in [0.15, 0.2) is 0 Å². The Hall–Kier alpha value is -2.13. The molecule has 10 heteroatoms. The highest BCUT2D eigenvalue weighted by Gasteiger charge is 2.26. The van der Waals surface area contributed by atoms with Gasteiger partial charge in [-0.1, -0.05) is 29.3 Å². The van der Waals surface area contributed by atoms with Gasteiger partial charge in [-0.3, -0.25) is 9.59 Å². The fourth-order valence-corrected chi connectivity index (χ4v) is 4.71. The molecule has 0 aromatic heterocycles. The molecule has 0 heterocycles. The summed E-state index contributed by atoms with van der Waals surface area (Å²) >= 11 is 12.0. The summed E-state index contributed by atoms with van der Waals surface area (Å²) in [5.74, 6) is -0.954. The number of benzene rings is 2. The van der Waals surface area contributed by atoms with E-state index < -0.39 is 27.4 Å². The van der Waals surface area contributed by atoms with Crippen molar-refractivity contribution in [3.05, 3.63) is 58.1 Å². The number of likely N-dealkylation sites (N-methyl/N-ethyl adjacent to an activating group) is 1. The second kappa shape index (κ2) is 9.34. The number of rotatable bonds is 6. The largest absolute Gasteiger partial charge is 0.332 e. The number of halogens is 2. The molecule has 0 saturated carbocycles. The van der Waals surface area contributed by atoms with Gasteiger partial charge in [-0.05, 0) is 57.2 Å². The lowest BCUT2D eigenvalue weighted by molar-refractivity contribution is -0.116. The van der Waals surface area contributed by atoms with Crippen LogP contribution in [-0.2, 0) is 14.8 Å². The number of hydrogen-bond acceptors (Lipinski definition) is 4. The van der Waals surface area contributed by atoms with E-state index in [9.17, 15) is 18.0 Å². The number of nitrogens with one attached hydrogen (secondary N) is 2. The number of amides is 2. The third-order valence-corrected chi connectivity index (χ3v) is 6.22. The van der Waals surface area contributed by atoms with E-state index in [0.29, 0.717) is 10.7 Å². The lowest BCUT2D eigenvalue weighted by Gasteiger charge is -2.21. The number of carbonyl (C=O) groups is 2. The van der Waals surface area contributed by atoms with Crippen LogP contribution in [0, 0.1) is 0 Å². The smallest absolute Gasteiger partial charge is 0.254 e. The van der Waals surface area contributed by atoms with Crippen molar-refractivity contribution in [1.29, 1.82) is 0 Å². The average Bonchev–Trinajstić information content (AvgIpc) is 2.59. The minimum atomic E-state index is -3.94. The Morgan fingerprint density at radius 2 is 1.73 bits per heavy atom. The Morgan fingerprint density at radius 3 is 2.33 bits per heavy atom. The Bertz CT molecular complexity index is 1070. The molecule has 0 aliphatic carbocycles. The van der Waals surface area contributed by atoms with Crippen LogP contribution in [-0.4, -0.2) is 44.3 Å². The molecule has 0 saturated heterocycles. The Morgan fingerprint density at radius 1 is 1.07 bits per heavy atom. The number of sulfonamides is 1. The van der Waals surface area contributed by atoms with Gasteiger partial charge in [-0.2, -0.15) is 0 Å². The molecule has 0 bridgehead atoms. The van der Waals surface area contributed by atoms with Crippen LogP contribution in [0.1, 0.15) is 31.1 Å². The molecule has 0 spiro atoms. The van der Waals surface area contributed by atoms with E-state index in [1.165, 1.54) is 30.1 Å². The van der Waals surface area contributed by atoms with E-state index in [0.717, 1.165) is 0 Å². The molecule has 7 nitrogen and oxygen atoms in total.